The number of hydrogen-bond acceptors (Lipinski definition) is 4. The SMILES string of the molecule is CCc1nc(Br)cc(NCCCO)n1. The lowest BCUT2D eigenvalue weighted by Gasteiger charge is -2.05. The van der Waals surface area contributed by atoms with E-state index in [4.69, 9.17) is 5.11 Å². The van der Waals surface area contributed by atoms with E-state index in [1.54, 1.807) is 0 Å². The van der Waals surface area contributed by atoms with Crippen LogP contribution >= 0.6 is 15.9 Å². The molecular weight excluding hydrogens is 246 g/mol. The summed E-state index contributed by atoms with van der Waals surface area (Å²) in [6.07, 6.45) is 1.54. The number of aliphatic hydroxyl groups is 1. The van der Waals surface area contributed by atoms with Crippen LogP contribution in [0.2, 0.25) is 0 Å². The minimum atomic E-state index is 0.194. The number of nitrogens with zero attached hydrogens (tertiary/aromatic N) is 2. The summed E-state index contributed by atoms with van der Waals surface area (Å²) < 4.78 is 0.788. The minimum Gasteiger partial charge on any atom is -0.396 e. The number of hydrogen-bond donors (Lipinski definition) is 2. The molecule has 1 heterocycles. The van der Waals surface area contributed by atoms with Crippen LogP contribution in [0.15, 0.2) is 10.7 Å². The molecule has 0 saturated heterocycles. The zero-order valence-electron chi connectivity index (χ0n) is 8.13. The predicted octanol–water partition coefficient (Wildman–Crippen LogP) is 1.60. The van der Waals surface area contributed by atoms with E-state index in [0.717, 1.165) is 35.6 Å². The maximum Gasteiger partial charge on any atom is 0.131 e. The van der Waals surface area contributed by atoms with Crippen molar-refractivity contribution in [2.75, 3.05) is 18.5 Å². The molecule has 5 heteroatoms. The van der Waals surface area contributed by atoms with E-state index in [-0.39, 0.29) is 6.61 Å². The summed E-state index contributed by atoms with van der Waals surface area (Å²) in [5.41, 5.74) is 0. The van der Waals surface area contributed by atoms with Gasteiger partial charge in [0.15, 0.2) is 0 Å². The molecule has 1 aromatic rings. The number of halogens is 1. The molecule has 78 valence electrons. The van der Waals surface area contributed by atoms with Gasteiger partial charge in [-0.3, -0.25) is 0 Å². The Morgan fingerprint density at radius 2 is 2.29 bits per heavy atom. The van der Waals surface area contributed by atoms with E-state index >= 15 is 0 Å². The van der Waals surface area contributed by atoms with Gasteiger partial charge < -0.3 is 10.4 Å². The first-order valence-electron chi connectivity index (χ1n) is 4.64. The molecule has 1 rings (SSSR count). The van der Waals surface area contributed by atoms with Crippen LogP contribution in [0.25, 0.3) is 0 Å². The molecule has 4 nitrogen and oxygen atoms in total. The summed E-state index contributed by atoms with van der Waals surface area (Å²) in [6, 6.07) is 1.83. The van der Waals surface area contributed by atoms with E-state index in [1.165, 1.54) is 0 Å². The van der Waals surface area contributed by atoms with Gasteiger partial charge in [-0.2, -0.15) is 0 Å². The number of anilines is 1. The zero-order valence-corrected chi connectivity index (χ0v) is 9.71. The second-order valence-electron chi connectivity index (χ2n) is 2.85. The van der Waals surface area contributed by atoms with Crippen LogP contribution in [0.3, 0.4) is 0 Å². The topological polar surface area (TPSA) is 58.0 Å². The van der Waals surface area contributed by atoms with Crippen molar-refractivity contribution in [1.82, 2.24) is 9.97 Å². The monoisotopic (exact) mass is 259 g/mol. The quantitative estimate of drug-likeness (QED) is 0.623. The lowest BCUT2D eigenvalue weighted by Crippen LogP contribution is -2.07. The Morgan fingerprint density at radius 3 is 2.93 bits per heavy atom. The highest BCUT2D eigenvalue weighted by atomic mass is 79.9. The van der Waals surface area contributed by atoms with E-state index in [1.807, 2.05) is 13.0 Å². The Hall–Kier alpha value is -0.680. The molecule has 0 aliphatic heterocycles. The molecule has 0 aromatic carbocycles. The molecule has 0 spiro atoms. The fourth-order valence-corrected chi connectivity index (χ4v) is 1.43. The first-order chi connectivity index (χ1) is 6.76. The lowest BCUT2D eigenvalue weighted by molar-refractivity contribution is 0.292. The summed E-state index contributed by atoms with van der Waals surface area (Å²) in [5.74, 6) is 1.61. The maximum atomic E-state index is 8.62. The molecule has 0 fully saturated rings. The van der Waals surface area contributed by atoms with Crippen molar-refractivity contribution in [2.45, 2.75) is 19.8 Å². The molecule has 0 aliphatic carbocycles. The molecule has 2 N–H and O–H groups in total. The number of aliphatic hydroxyl groups excluding tert-OH is 1. The molecule has 0 radical (unpaired) electrons. The van der Waals surface area contributed by atoms with Crippen LogP contribution in [0, 0.1) is 0 Å². The highest BCUT2D eigenvalue weighted by Gasteiger charge is 2.00. The van der Waals surface area contributed by atoms with Gasteiger partial charge >= 0.3 is 0 Å². The van der Waals surface area contributed by atoms with Crippen LogP contribution in [-0.2, 0) is 6.42 Å². The molecule has 0 aliphatic rings. The van der Waals surface area contributed by atoms with E-state index < -0.39 is 0 Å². The second kappa shape index (κ2) is 5.93. The van der Waals surface area contributed by atoms with E-state index in [0.29, 0.717) is 0 Å². The summed E-state index contributed by atoms with van der Waals surface area (Å²) in [7, 11) is 0. The fraction of sp³-hybridized carbons (Fsp3) is 0.556. The Bertz CT molecular complexity index is 293. The van der Waals surface area contributed by atoms with Gasteiger partial charge in [0.05, 0.1) is 0 Å². The van der Waals surface area contributed by atoms with Crippen molar-refractivity contribution < 1.29 is 5.11 Å². The minimum absolute atomic E-state index is 0.194. The van der Waals surface area contributed by atoms with Crippen LogP contribution in [0.4, 0.5) is 5.82 Å². The van der Waals surface area contributed by atoms with Crippen molar-refractivity contribution in [2.24, 2.45) is 0 Å². The maximum absolute atomic E-state index is 8.62. The normalized spacial score (nSPS) is 10.2. The molecule has 14 heavy (non-hydrogen) atoms. The molecule has 0 saturated carbocycles. The molecule has 0 atom stereocenters. The van der Waals surface area contributed by atoms with Crippen LogP contribution in [0.5, 0.6) is 0 Å². The van der Waals surface area contributed by atoms with Gasteiger partial charge in [0.25, 0.3) is 0 Å². The molecular formula is C9H14BrN3O. The van der Waals surface area contributed by atoms with Crippen LogP contribution in [-0.4, -0.2) is 28.2 Å². The number of aromatic nitrogens is 2. The van der Waals surface area contributed by atoms with Gasteiger partial charge in [-0.25, -0.2) is 9.97 Å². The Balaban J connectivity index is 2.62. The van der Waals surface area contributed by atoms with Gasteiger partial charge in [0.2, 0.25) is 0 Å². The summed E-state index contributed by atoms with van der Waals surface area (Å²) in [5, 5.41) is 11.7. The van der Waals surface area contributed by atoms with Crippen molar-refractivity contribution in [3.8, 4) is 0 Å². The average molecular weight is 260 g/mol. The first kappa shape index (κ1) is 11.4. The molecule has 1 aromatic heterocycles. The second-order valence-corrected chi connectivity index (χ2v) is 3.66. The highest BCUT2D eigenvalue weighted by molar-refractivity contribution is 9.10. The standard InChI is InChI=1S/C9H14BrN3O/c1-2-8-12-7(10)6-9(13-8)11-4-3-5-14/h6,14H,2-5H2,1H3,(H,11,12,13). The number of aryl methyl sites for hydroxylation is 1. The number of nitrogens with one attached hydrogen (secondary N) is 1. The highest BCUT2D eigenvalue weighted by Crippen LogP contribution is 2.12. The molecule has 0 unspecified atom stereocenters. The van der Waals surface area contributed by atoms with Gasteiger partial charge in [0.1, 0.15) is 16.2 Å². The first-order valence-corrected chi connectivity index (χ1v) is 5.43. The van der Waals surface area contributed by atoms with E-state index in [9.17, 15) is 0 Å². The Kier molecular flexibility index (Phi) is 4.82. The smallest absolute Gasteiger partial charge is 0.131 e. The molecule has 0 bridgehead atoms. The predicted molar refractivity (Wildman–Crippen MR) is 59.3 cm³/mol. The van der Waals surface area contributed by atoms with Gasteiger partial charge in [0, 0.05) is 25.6 Å². The van der Waals surface area contributed by atoms with E-state index in [2.05, 4.69) is 31.2 Å². The van der Waals surface area contributed by atoms with Crippen molar-refractivity contribution >= 4 is 21.7 Å². The third-order valence-corrected chi connectivity index (χ3v) is 2.10. The van der Waals surface area contributed by atoms with Gasteiger partial charge in [-0.1, -0.05) is 6.92 Å². The summed E-state index contributed by atoms with van der Waals surface area (Å²) in [4.78, 5) is 8.49. The Morgan fingerprint density at radius 1 is 1.50 bits per heavy atom. The summed E-state index contributed by atoms with van der Waals surface area (Å²) in [6.45, 7) is 2.93. The number of rotatable bonds is 5. The zero-order chi connectivity index (χ0) is 10.4. The van der Waals surface area contributed by atoms with Crippen molar-refractivity contribution in [3.63, 3.8) is 0 Å². The third kappa shape index (κ3) is 3.59. The van der Waals surface area contributed by atoms with Crippen LogP contribution < -0.4 is 5.32 Å². The van der Waals surface area contributed by atoms with Crippen molar-refractivity contribution in [1.29, 1.82) is 0 Å². The Labute approximate surface area is 91.9 Å². The average Bonchev–Trinajstić information content (AvgIpc) is 2.17. The van der Waals surface area contributed by atoms with Gasteiger partial charge in [-0.15, -0.1) is 0 Å². The summed E-state index contributed by atoms with van der Waals surface area (Å²) >= 11 is 3.32. The molecule has 0 amide bonds. The third-order valence-electron chi connectivity index (χ3n) is 1.70. The van der Waals surface area contributed by atoms with Crippen molar-refractivity contribution in [3.05, 3.63) is 16.5 Å². The fourth-order valence-electron chi connectivity index (χ4n) is 1.01. The van der Waals surface area contributed by atoms with Gasteiger partial charge in [-0.05, 0) is 22.4 Å². The lowest BCUT2D eigenvalue weighted by atomic mass is 10.4. The van der Waals surface area contributed by atoms with Crippen LogP contribution in [0.1, 0.15) is 19.2 Å². The largest absolute Gasteiger partial charge is 0.396 e.